The number of carbonyl (C=O) groups is 1. The summed E-state index contributed by atoms with van der Waals surface area (Å²) in [6.45, 7) is 2.69. The summed E-state index contributed by atoms with van der Waals surface area (Å²) in [5.74, 6) is 0.432. The number of nitrogens with one attached hydrogen (secondary N) is 1. The van der Waals surface area contributed by atoms with Crippen molar-refractivity contribution in [2.45, 2.75) is 19.5 Å². The van der Waals surface area contributed by atoms with Crippen molar-refractivity contribution in [1.82, 2.24) is 0 Å². The molecule has 0 atom stereocenters. The molecule has 3 rings (SSSR count). The molecule has 1 N–H and O–H groups in total. The van der Waals surface area contributed by atoms with Gasteiger partial charge in [0.05, 0.1) is 23.8 Å². The molecule has 4 nitrogen and oxygen atoms in total. The minimum atomic E-state index is -4.61. The van der Waals surface area contributed by atoms with E-state index in [1.54, 1.807) is 13.0 Å². The lowest BCUT2D eigenvalue weighted by atomic mass is 10.1. The highest BCUT2D eigenvalue weighted by atomic mass is 35.5. The van der Waals surface area contributed by atoms with E-state index in [4.69, 9.17) is 21.1 Å². The summed E-state index contributed by atoms with van der Waals surface area (Å²) in [6.07, 6.45) is -3.89. The van der Waals surface area contributed by atoms with E-state index in [-0.39, 0.29) is 11.3 Å². The first-order chi connectivity index (χ1) is 12.3. The maximum absolute atomic E-state index is 13.0. The van der Waals surface area contributed by atoms with Gasteiger partial charge in [-0.1, -0.05) is 11.6 Å². The molecular formula is C18H15ClF3NO3. The van der Waals surface area contributed by atoms with Gasteiger partial charge < -0.3 is 14.8 Å². The van der Waals surface area contributed by atoms with Crippen molar-refractivity contribution in [3.05, 3.63) is 52.0 Å². The van der Waals surface area contributed by atoms with Gasteiger partial charge in [0, 0.05) is 17.7 Å². The molecule has 8 heteroatoms. The van der Waals surface area contributed by atoms with Crippen LogP contribution in [-0.4, -0.2) is 19.1 Å². The zero-order chi connectivity index (χ0) is 18.9. The van der Waals surface area contributed by atoms with E-state index in [2.05, 4.69) is 5.32 Å². The number of hydrogen-bond donors (Lipinski definition) is 1. The molecule has 0 aromatic heterocycles. The molecule has 138 valence electrons. The van der Waals surface area contributed by atoms with Gasteiger partial charge in [-0.25, -0.2) is 0 Å². The molecule has 0 saturated heterocycles. The minimum absolute atomic E-state index is 0.00163. The second-order valence-electron chi connectivity index (χ2n) is 5.81. The van der Waals surface area contributed by atoms with Gasteiger partial charge in [0.2, 0.25) is 0 Å². The molecule has 26 heavy (non-hydrogen) atoms. The van der Waals surface area contributed by atoms with Crippen LogP contribution >= 0.6 is 11.6 Å². The standard InChI is InChI=1S/C18H15ClF3NO3/c1-10-7-15-16(26-6-2-5-25-15)9-12(10)17(24)23-11-3-4-14(19)13(8-11)18(20,21)22/h3-4,7-9H,2,5-6H2,1H3,(H,23,24). The topological polar surface area (TPSA) is 47.6 Å². The van der Waals surface area contributed by atoms with E-state index in [1.165, 1.54) is 12.1 Å². The number of carbonyl (C=O) groups excluding carboxylic acids is 1. The Hall–Kier alpha value is -2.41. The predicted molar refractivity (Wildman–Crippen MR) is 91.2 cm³/mol. The average molecular weight is 386 g/mol. The fourth-order valence-electron chi connectivity index (χ4n) is 2.57. The van der Waals surface area contributed by atoms with E-state index in [9.17, 15) is 18.0 Å². The van der Waals surface area contributed by atoms with Gasteiger partial charge in [-0.3, -0.25) is 4.79 Å². The predicted octanol–water partition coefficient (Wildman–Crippen LogP) is 5.08. The van der Waals surface area contributed by atoms with Crippen molar-refractivity contribution in [2.24, 2.45) is 0 Å². The maximum atomic E-state index is 13.0. The van der Waals surface area contributed by atoms with Gasteiger partial charge in [-0.15, -0.1) is 0 Å². The second-order valence-corrected chi connectivity index (χ2v) is 6.22. The molecule has 0 spiro atoms. The first kappa shape index (κ1) is 18.4. The van der Waals surface area contributed by atoms with Crippen LogP contribution in [0.3, 0.4) is 0 Å². The second kappa shape index (κ2) is 7.07. The Morgan fingerprint density at radius 2 is 1.77 bits per heavy atom. The van der Waals surface area contributed by atoms with Crippen LogP contribution in [0.15, 0.2) is 30.3 Å². The Bertz CT molecular complexity index is 852. The van der Waals surface area contributed by atoms with E-state index in [1.807, 2.05) is 0 Å². The van der Waals surface area contributed by atoms with Crippen LogP contribution in [0.25, 0.3) is 0 Å². The average Bonchev–Trinajstić information content (AvgIpc) is 2.79. The number of hydrogen-bond acceptors (Lipinski definition) is 3. The lowest BCUT2D eigenvalue weighted by molar-refractivity contribution is -0.137. The van der Waals surface area contributed by atoms with E-state index >= 15 is 0 Å². The molecule has 2 aromatic carbocycles. The van der Waals surface area contributed by atoms with Crippen LogP contribution < -0.4 is 14.8 Å². The minimum Gasteiger partial charge on any atom is -0.490 e. The van der Waals surface area contributed by atoms with Crippen LogP contribution in [0.5, 0.6) is 11.5 Å². The summed E-state index contributed by atoms with van der Waals surface area (Å²) in [4.78, 5) is 12.5. The molecule has 0 aliphatic carbocycles. The molecule has 1 aliphatic rings. The zero-order valence-electron chi connectivity index (χ0n) is 13.7. The summed E-state index contributed by atoms with van der Waals surface area (Å²) in [5, 5.41) is 2.04. The summed E-state index contributed by atoms with van der Waals surface area (Å²) in [6, 6.07) is 6.43. The fraction of sp³-hybridized carbons (Fsp3) is 0.278. The van der Waals surface area contributed by atoms with Gasteiger partial charge in [-0.05, 0) is 42.8 Å². The number of benzene rings is 2. The van der Waals surface area contributed by atoms with Gasteiger partial charge >= 0.3 is 6.18 Å². The first-order valence-corrected chi connectivity index (χ1v) is 8.22. The van der Waals surface area contributed by atoms with Crippen molar-refractivity contribution in [2.75, 3.05) is 18.5 Å². The Balaban J connectivity index is 1.88. The molecule has 0 fully saturated rings. The van der Waals surface area contributed by atoms with Crippen LogP contribution in [-0.2, 0) is 6.18 Å². The first-order valence-electron chi connectivity index (χ1n) is 7.84. The number of halogens is 4. The smallest absolute Gasteiger partial charge is 0.417 e. The molecule has 0 bridgehead atoms. The highest BCUT2D eigenvalue weighted by Gasteiger charge is 2.33. The maximum Gasteiger partial charge on any atom is 0.417 e. The summed E-state index contributed by atoms with van der Waals surface area (Å²) < 4.78 is 50.0. The monoisotopic (exact) mass is 385 g/mol. The van der Waals surface area contributed by atoms with Crippen LogP contribution in [0, 0.1) is 6.92 Å². The summed E-state index contributed by atoms with van der Waals surface area (Å²) in [7, 11) is 0. The molecule has 0 unspecified atom stereocenters. The van der Waals surface area contributed by atoms with Crippen LogP contribution in [0.1, 0.15) is 27.9 Å². The van der Waals surface area contributed by atoms with E-state index in [0.717, 1.165) is 18.6 Å². The van der Waals surface area contributed by atoms with Crippen LogP contribution in [0.4, 0.5) is 18.9 Å². The molecule has 0 radical (unpaired) electrons. The van der Waals surface area contributed by atoms with Gasteiger partial charge in [-0.2, -0.15) is 13.2 Å². The third kappa shape index (κ3) is 3.88. The third-order valence-corrected chi connectivity index (χ3v) is 4.20. The molecule has 2 aromatic rings. The fourth-order valence-corrected chi connectivity index (χ4v) is 2.80. The number of fused-ring (bicyclic) bond motifs is 1. The number of aryl methyl sites for hydroxylation is 1. The Kier molecular flexibility index (Phi) is 5.00. The van der Waals surface area contributed by atoms with Crippen molar-refractivity contribution in [3.63, 3.8) is 0 Å². The van der Waals surface area contributed by atoms with Gasteiger partial charge in [0.15, 0.2) is 11.5 Å². The zero-order valence-corrected chi connectivity index (χ0v) is 14.5. The van der Waals surface area contributed by atoms with Crippen molar-refractivity contribution in [1.29, 1.82) is 0 Å². The molecular weight excluding hydrogens is 371 g/mol. The number of rotatable bonds is 2. The highest BCUT2D eigenvalue weighted by Crippen LogP contribution is 2.37. The lowest BCUT2D eigenvalue weighted by Gasteiger charge is -2.14. The quantitative estimate of drug-likeness (QED) is 0.784. The van der Waals surface area contributed by atoms with E-state index < -0.39 is 22.7 Å². The van der Waals surface area contributed by atoms with Gasteiger partial charge in [0.1, 0.15) is 0 Å². The highest BCUT2D eigenvalue weighted by molar-refractivity contribution is 6.31. The number of ether oxygens (including phenoxy) is 2. The van der Waals surface area contributed by atoms with Crippen LogP contribution in [0.2, 0.25) is 5.02 Å². The molecule has 1 heterocycles. The third-order valence-electron chi connectivity index (χ3n) is 3.87. The lowest BCUT2D eigenvalue weighted by Crippen LogP contribution is -2.15. The summed E-state index contributed by atoms with van der Waals surface area (Å²) >= 11 is 5.59. The largest absolute Gasteiger partial charge is 0.490 e. The SMILES string of the molecule is Cc1cc2c(cc1C(=O)Nc1ccc(Cl)c(C(F)(F)F)c1)OCCCO2. The summed E-state index contributed by atoms with van der Waals surface area (Å²) in [5.41, 5.74) is -0.0971. The Morgan fingerprint density at radius 3 is 2.42 bits per heavy atom. The van der Waals surface area contributed by atoms with E-state index in [0.29, 0.717) is 30.3 Å². The normalized spacial score (nSPS) is 13.9. The van der Waals surface area contributed by atoms with Gasteiger partial charge in [0.25, 0.3) is 5.91 Å². The Labute approximate surface area is 152 Å². The molecule has 0 saturated carbocycles. The molecule has 1 amide bonds. The van der Waals surface area contributed by atoms with Crippen molar-refractivity contribution in [3.8, 4) is 11.5 Å². The number of anilines is 1. The van der Waals surface area contributed by atoms with Crippen molar-refractivity contribution >= 4 is 23.2 Å². The molecule has 1 aliphatic heterocycles. The number of alkyl halides is 3. The number of amides is 1. The Morgan fingerprint density at radius 1 is 1.12 bits per heavy atom. The van der Waals surface area contributed by atoms with Crippen molar-refractivity contribution < 1.29 is 27.4 Å².